The zero-order valence-electron chi connectivity index (χ0n) is 18.0. The molecule has 0 radical (unpaired) electrons. The monoisotopic (exact) mass is 421 g/mol. The van der Waals surface area contributed by atoms with Crippen molar-refractivity contribution in [2.24, 2.45) is 0 Å². The van der Waals surface area contributed by atoms with E-state index >= 15 is 0 Å². The SMILES string of the molecule is CC(C)(C)OC(=O)N1CC(c2ccc(NC(=O)NCc3ccn4ccnc4c3)cc2)C1. The number of anilines is 1. The normalized spacial score (nSPS) is 14.2. The zero-order chi connectivity index (χ0) is 22.0. The number of fused-ring (bicyclic) bond motifs is 1. The van der Waals surface area contributed by atoms with Gasteiger partial charge in [0.25, 0.3) is 0 Å². The molecule has 0 atom stereocenters. The summed E-state index contributed by atoms with van der Waals surface area (Å²) >= 11 is 0. The fraction of sp³-hybridized carbons (Fsp3) is 0.348. The van der Waals surface area contributed by atoms with E-state index in [2.05, 4.69) is 15.6 Å². The van der Waals surface area contributed by atoms with Gasteiger partial charge in [0.05, 0.1) is 0 Å². The van der Waals surface area contributed by atoms with Crippen LogP contribution in [0.5, 0.6) is 0 Å². The largest absolute Gasteiger partial charge is 0.444 e. The molecule has 162 valence electrons. The molecule has 0 bridgehead atoms. The number of urea groups is 1. The Morgan fingerprint density at radius 3 is 2.58 bits per heavy atom. The average Bonchev–Trinajstić information content (AvgIpc) is 3.13. The lowest BCUT2D eigenvalue weighted by molar-refractivity contribution is 0.00819. The highest BCUT2D eigenvalue weighted by Crippen LogP contribution is 2.29. The second-order valence-corrected chi connectivity index (χ2v) is 8.74. The molecule has 0 saturated carbocycles. The van der Waals surface area contributed by atoms with Crippen molar-refractivity contribution in [3.8, 4) is 0 Å². The summed E-state index contributed by atoms with van der Waals surface area (Å²) < 4.78 is 7.31. The number of nitrogens with zero attached hydrogens (tertiary/aromatic N) is 3. The predicted molar refractivity (Wildman–Crippen MR) is 118 cm³/mol. The Hall–Kier alpha value is -3.55. The van der Waals surface area contributed by atoms with E-state index < -0.39 is 5.60 Å². The van der Waals surface area contributed by atoms with E-state index in [1.54, 1.807) is 11.1 Å². The van der Waals surface area contributed by atoms with E-state index in [1.165, 1.54) is 0 Å². The van der Waals surface area contributed by atoms with Gasteiger partial charge in [-0.15, -0.1) is 0 Å². The number of pyridine rings is 1. The van der Waals surface area contributed by atoms with Gasteiger partial charge in [-0.1, -0.05) is 12.1 Å². The number of hydrogen-bond acceptors (Lipinski definition) is 4. The topological polar surface area (TPSA) is 88.0 Å². The number of nitrogens with one attached hydrogen (secondary N) is 2. The first kappa shape index (κ1) is 20.7. The van der Waals surface area contributed by atoms with Crippen molar-refractivity contribution in [3.63, 3.8) is 0 Å². The summed E-state index contributed by atoms with van der Waals surface area (Å²) in [6.07, 6.45) is 5.26. The molecule has 1 aromatic carbocycles. The molecule has 3 heterocycles. The maximum atomic E-state index is 12.2. The molecule has 3 amide bonds. The molecule has 0 unspecified atom stereocenters. The Kier molecular flexibility index (Phi) is 5.54. The highest BCUT2D eigenvalue weighted by molar-refractivity contribution is 5.89. The first-order chi connectivity index (χ1) is 14.8. The van der Waals surface area contributed by atoms with Crippen LogP contribution in [0.3, 0.4) is 0 Å². The van der Waals surface area contributed by atoms with Crippen LogP contribution in [0.2, 0.25) is 0 Å². The van der Waals surface area contributed by atoms with E-state index in [0.29, 0.717) is 25.3 Å². The second-order valence-electron chi connectivity index (χ2n) is 8.74. The van der Waals surface area contributed by atoms with Crippen LogP contribution in [0.25, 0.3) is 5.65 Å². The fourth-order valence-corrected chi connectivity index (χ4v) is 3.42. The predicted octanol–water partition coefficient (Wildman–Crippen LogP) is 3.99. The Morgan fingerprint density at radius 2 is 1.87 bits per heavy atom. The summed E-state index contributed by atoms with van der Waals surface area (Å²) in [6, 6.07) is 11.3. The number of likely N-dealkylation sites (tertiary alicyclic amines) is 1. The lowest BCUT2D eigenvalue weighted by atomic mass is 9.92. The van der Waals surface area contributed by atoms with E-state index in [4.69, 9.17) is 4.74 Å². The number of amides is 3. The highest BCUT2D eigenvalue weighted by Gasteiger charge is 2.34. The fourth-order valence-electron chi connectivity index (χ4n) is 3.42. The number of benzene rings is 1. The molecule has 1 aliphatic rings. The van der Waals surface area contributed by atoms with Crippen molar-refractivity contribution in [3.05, 3.63) is 66.1 Å². The molecule has 2 aromatic heterocycles. The molecule has 0 spiro atoms. The molecule has 2 N–H and O–H groups in total. The molecule has 8 nitrogen and oxygen atoms in total. The van der Waals surface area contributed by atoms with Gasteiger partial charge < -0.3 is 24.7 Å². The van der Waals surface area contributed by atoms with Gasteiger partial charge in [-0.2, -0.15) is 0 Å². The van der Waals surface area contributed by atoms with Crippen LogP contribution in [-0.2, 0) is 11.3 Å². The van der Waals surface area contributed by atoms with Crippen molar-refractivity contribution in [1.82, 2.24) is 19.6 Å². The molecule has 4 rings (SSSR count). The van der Waals surface area contributed by atoms with Crippen LogP contribution in [0.1, 0.15) is 37.8 Å². The molecule has 8 heteroatoms. The summed E-state index contributed by atoms with van der Waals surface area (Å²) in [5.41, 5.74) is 3.19. The van der Waals surface area contributed by atoms with Gasteiger partial charge in [-0.3, -0.25) is 0 Å². The number of carbonyl (C=O) groups is 2. The van der Waals surface area contributed by atoms with Crippen molar-refractivity contribution in [2.75, 3.05) is 18.4 Å². The smallest absolute Gasteiger partial charge is 0.410 e. The maximum Gasteiger partial charge on any atom is 0.410 e. The minimum Gasteiger partial charge on any atom is -0.444 e. The van der Waals surface area contributed by atoms with Crippen molar-refractivity contribution in [1.29, 1.82) is 0 Å². The Bertz CT molecular complexity index is 1080. The maximum absolute atomic E-state index is 12.2. The van der Waals surface area contributed by atoms with Crippen LogP contribution in [-0.4, -0.2) is 45.1 Å². The minimum atomic E-state index is -0.484. The summed E-state index contributed by atoms with van der Waals surface area (Å²) in [7, 11) is 0. The number of imidazole rings is 1. The number of ether oxygens (including phenoxy) is 1. The van der Waals surface area contributed by atoms with E-state index in [-0.39, 0.29) is 18.0 Å². The first-order valence-electron chi connectivity index (χ1n) is 10.3. The van der Waals surface area contributed by atoms with Crippen LogP contribution in [0, 0.1) is 0 Å². The van der Waals surface area contributed by atoms with Crippen LogP contribution >= 0.6 is 0 Å². The number of hydrogen-bond donors (Lipinski definition) is 2. The van der Waals surface area contributed by atoms with Crippen LogP contribution in [0.4, 0.5) is 15.3 Å². The van der Waals surface area contributed by atoms with Crippen molar-refractivity contribution < 1.29 is 14.3 Å². The Morgan fingerprint density at radius 1 is 1.13 bits per heavy atom. The molecular formula is C23H27N5O3. The third-order valence-corrected chi connectivity index (χ3v) is 5.09. The van der Waals surface area contributed by atoms with E-state index in [0.717, 1.165) is 16.8 Å². The average molecular weight is 422 g/mol. The van der Waals surface area contributed by atoms with Gasteiger partial charge in [-0.25, -0.2) is 14.6 Å². The van der Waals surface area contributed by atoms with Gasteiger partial charge >= 0.3 is 12.1 Å². The molecule has 3 aromatic rings. The third-order valence-electron chi connectivity index (χ3n) is 5.09. The standard InChI is InChI=1S/C23H27N5O3/c1-23(2,3)31-22(30)28-14-18(15-28)17-4-6-19(7-5-17)26-21(29)25-13-16-8-10-27-11-9-24-20(27)12-16/h4-12,18H,13-15H2,1-3H3,(H2,25,26,29). The summed E-state index contributed by atoms with van der Waals surface area (Å²) in [4.78, 5) is 30.2. The van der Waals surface area contributed by atoms with Gasteiger partial charge in [0.2, 0.25) is 0 Å². The van der Waals surface area contributed by atoms with Gasteiger partial charge in [-0.05, 0) is 56.2 Å². The zero-order valence-corrected chi connectivity index (χ0v) is 18.0. The molecule has 1 aliphatic heterocycles. The van der Waals surface area contributed by atoms with Crippen LogP contribution < -0.4 is 10.6 Å². The summed E-state index contributed by atoms with van der Waals surface area (Å²) in [5, 5.41) is 5.70. The molecule has 1 fully saturated rings. The quantitative estimate of drug-likeness (QED) is 0.667. The second kappa shape index (κ2) is 8.29. The molecule has 1 saturated heterocycles. The Labute approximate surface area is 181 Å². The molecule has 0 aliphatic carbocycles. The van der Waals surface area contributed by atoms with Gasteiger partial charge in [0.1, 0.15) is 11.2 Å². The Balaban J connectivity index is 1.24. The highest BCUT2D eigenvalue weighted by atomic mass is 16.6. The molecule has 31 heavy (non-hydrogen) atoms. The molecular weight excluding hydrogens is 394 g/mol. The third kappa shape index (κ3) is 5.14. The van der Waals surface area contributed by atoms with Crippen LogP contribution in [0.15, 0.2) is 55.0 Å². The van der Waals surface area contributed by atoms with Gasteiger partial charge in [0.15, 0.2) is 0 Å². The minimum absolute atomic E-state index is 0.268. The van der Waals surface area contributed by atoms with Crippen molar-refractivity contribution >= 4 is 23.5 Å². The van der Waals surface area contributed by atoms with Crippen molar-refractivity contribution in [2.45, 2.75) is 38.8 Å². The first-order valence-corrected chi connectivity index (χ1v) is 10.3. The van der Waals surface area contributed by atoms with Gasteiger partial charge in [0, 0.05) is 49.8 Å². The number of aromatic nitrogens is 2. The van der Waals surface area contributed by atoms with E-state index in [9.17, 15) is 9.59 Å². The van der Waals surface area contributed by atoms with E-state index in [1.807, 2.05) is 74.0 Å². The number of rotatable bonds is 4. The summed E-state index contributed by atoms with van der Waals surface area (Å²) in [5.74, 6) is 0.285. The number of carbonyl (C=O) groups excluding carboxylic acids is 2. The lowest BCUT2D eigenvalue weighted by Crippen LogP contribution is -2.50. The summed E-state index contributed by atoms with van der Waals surface area (Å²) in [6.45, 7) is 7.29. The lowest BCUT2D eigenvalue weighted by Gasteiger charge is -2.40.